The zero-order valence-corrected chi connectivity index (χ0v) is 15.0. The number of benzene rings is 1. The third kappa shape index (κ3) is 5.34. The molecule has 24 heavy (non-hydrogen) atoms. The van der Waals surface area contributed by atoms with E-state index in [-0.39, 0.29) is 17.9 Å². The average molecular weight is 331 g/mol. The molecular weight excluding hydrogens is 302 g/mol. The van der Waals surface area contributed by atoms with Gasteiger partial charge in [0.25, 0.3) is 0 Å². The van der Waals surface area contributed by atoms with E-state index in [1.807, 2.05) is 16.8 Å². The van der Waals surface area contributed by atoms with Gasteiger partial charge in [0, 0.05) is 32.1 Å². The van der Waals surface area contributed by atoms with Crippen LogP contribution in [0.3, 0.4) is 0 Å². The minimum atomic E-state index is 0.0317. The van der Waals surface area contributed by atoms with Crippen LogP contribution in [0.5, 0.6) is 0 Å². The lowest BCUT2D eigenvalue weighted by Crippen LogP contribution is -2.37. The highest BCUT2D eigenvalue weighted by molar-refractivity contribution is 5.78. The van der Waals surface area contributed by atoms with Gasteiger partial charge < -0.3 is 10.2 Å². The quantitative estimate of drug-likeness (QED) is 0.743. The second-order valence-corrected chi connectivity index (χ2v) is 6.69. The third-order valence-corrected chi connectivity index (χ3v) is 4.71. The lowest BCUT2D eigenvalue weighted by Gasteiger charge is -2.24. The van der Waals surface area contributed by atoms with Gasteiger partial charge in [0.15, 0.2) is 0 Å². The number of aryl methyl sites for hydroxylation is 1. The molecule has 1 atom stereocenters. The maximum Gasteiger partial charge on any atom is 0.234 e. The van der Waals surface area contributed by atoms with Crippen LogP contribution in [0.15, 0.2) is 24.3 Å². The first-order valence-corrected chi connectivity index (χ1v) is 8.78. The number of hydrogen-bond acceptors (Lipinski definition) is 3. The Morgan fingerprint density at radius 3 is 2.67 bits per heavy atom. The summed E-state index contributed by atoms with van der Waals surface area (Å²) in [5, 5.41) is 2.95. The predicted octanol–water partition coefficient (Wildman–Crippen LogP) is 2.12. The molecule has 1 aromatic rings. The van der Waals surface area contributed by atoms with Crippen molar-refractivity contribution in [1.82, 2.24) is 15.1 Å². The smallest absolute Gasteiger partial charge is 0.234 e. The molecule has 0 aliphatic carbocycles. The van der Waals surface area contributed by atoms with Gasteiger partial charge in [-0.15, -0.1) is 0 Å². The number of likely N-dealkylation sites (tertiary alicyclic amines) is 1. The fraction of sp³-hybridized carbons (Fsp3) is 0.579. The van der Waals surface area contributed by atoms with Crippen LogP contribution in [-0.2, 0) is 9.59 Å². The molecule has 1 saturated heterocycles. The molecule has 0 aromatic heterocycles. The van der Waals surface area contributed by atoms with Crippen molar-refractivity contribution in [3.05, 3.63) is 35.4 Å². The molecular formula is C19H29N3O2. The molecule has 1 heterocycles. The summed E-state index contributed by atoms with van der Waals surface area (Å²) in [7, 11) is 1.97. The summed E-state index contributed by atoms with van der Waals surface area (Å²) in [6, 6.07) is 8.61. The molecule has 0 spiro atoms. The standard InChI is InChI=1S/C19H29N3O2/c1-15-7-9-17(10-8-15)16(2)21(3)14-18(23)20-11-5-13-22-12-4-6-19(22)24/h7-10,16H,4-6,11-14H2,1-3H3,(H,20,23). The number of hydrogen-bond donors (Lipinski definition) is 1. The Labute approximate surface area is 145 Å². The van der Waals surface area contributed by atoms with Gasteiger partial charge >= 0.3 is 0 Å². The number of nitrogens with zero attached hydrogens (tertiary/aromatic N) is 2. The summed E-state index contributed by atoms with van der Waals surface area (Å²) < 4.78 is 0. The molecule has 5 nitrogen and oxygen atoms in total. The van der Waals surface area contributed by atoms with E-state index < -0.39 is 0 Å². The van der Waals surface area contributed by atoms with Gasteiger partial charge in [-0.1, -0.05) is 29.8 Å². The average Bonchev–Trinajstić information content (AvgIpc) is 2.96. The van der Waals surface area contributed by atoms with Crippen molar-refractivity contribution < 1.29 is 9.59 Å². The second kappa shape index (κ2) is 8.83. The molecule has 132 valence electrons. The molecule has 5 heteroatoms. The number of amides is 2. The summed E-state index contributed by atoms with van der Waals surface area (Å²) >= 11 is 0. The Kier molecular flexibility index (Phi) is 6.79. The van der Waals surface area contributed by atoms with Crippen molar-refractivity contribution in [2.75, 3.05) is 33.2 Å². The number of carbonyl (C=O) groups excluding carboxylic acids is 2. The maximum atomic E-state index is 12.1. The van der Waals surface area contributed by atoms with Crippen LogP contribution in [0.1, 0.15) is 43.4 Å². The Morgan fingerprint density at radius 1 is 1.33 bits per heavy atom. The first kappa shape index (κ1) is 18.5. The highest BCUT2D eigenvalue weighted by Crippen LogP contribution is 2.18. The van der Waals surface area contributed by atoms with E-state index in [0.29, 0.717) is 19.5 Å². The Balaban J connectivity index is 1.67. The van der Waals surface area contributed by atoms with E-state index in [1.165, 1.54) is 11.1 Å². The minimum Gasteiger partial charge on any atom is -0.355 e. The first-order valence-electron chi connectivity index (χ1n) is 8.78. The van der Waals surface area contributed by atoms with Crippen molar-refractivity contribution >= 4 is 11.8 Å². The molecule has 0 saturated carbocycles. The van der Waals surface area contributed by atoms with Crippen LogP contribution in [0.4, 0.5) is 0 Å². The van der Waals surface area contributed by atoms with E-state index in [0.717, 1.165) is 25.9 Å². The van der Waals surface area contributed by atoms with Crippen molar-refractivity contribution in [3.8, 4) is 0 Å². The fourth-order valence-electron chi connectivity index (χ4n) is 2.96. The van der Waals surface area contributed by atoms with E-state index in [2.05, 4.69) is 43.4 Å². The van der Waals surface area contributed by atoms with Gasteiger partial charge in [0.1, 0.15) is 0 Å². The number of likely N-dealkylation sites (N-methyl/N-ethyl adjacent to an activating group) is 1. The summed E-state index contributed by atoms with van der Waals surface area (Å²) in [5.41, 5.74) is 2.45. The van der Waals surface area contributed by atoms with E-state index >= 15 is 0 Å². The largest absolute Gasteiger partial charge is 0.355 e. The zero-order valence-electron chi connectivity index (χ0n) is 15.0. The van der Waals surface area contributed by atoms with Crippen LogP contribution in [0.25, 0.3) is 0 Å². The second-order valence-electron chi connectivity index (χ2n) is 6.69. The first-order chi connectivity index (χ1) is 11.5. The van der Waals surface area contributed by atoms with Crippen LogP contribution < -0.4 is 5.32 Å². The van der Waals surface area contributed by atoms with Crippen molar-refractivity contribution in [1.29, 1.82) is 0 Å². The van der Waals surface area contributed by atoms with Crippen molar-refractivity contribution in [2.45, 2.75) is 39.2 Å². The topological polar surface area (TPSA) is 52.7 Å². The molecule has 2 amide bonds. The lowest BCUT2D eigenvalue weighted by molar-refractivity contribution is -0.127. The summed E-state index contributed by atoms with van der Waals surface area (Å²) in [6.07, 6.45) is 2.45. The van der Waals surface area contributed by atoms with Crippen molar-refractivity contribution in [2.24, 2.45) is 0 Å². The molecule has 1 unspecified atom stereocenters. The van der Waals surface area contributed by atoms with Gasteiger partial charge in [-0.05, 0) is 39.3 Å². The minimum absolute atomic E-state index is 0.0317. The Bertz CT molecular complexity index is 556. The highest BCUT2D eigenvalue weighted by atomic mass is 16.2. The molecule has 0 radical (unpaired) electrons. The number of rotatable bonds is 8. The maximum absolute atomic E-state index is 12.1. The SMILES string of the molecule is Cc1ccc(C(C)N(C)CC(=O)NCCCN2CCCC2=O)cc1. The third-order valence-electron chi connectivity index (χ3n) is 4.71. The molecule has 1 aromatic carbocycles. The molecule has 2 rings (SSSR count). The Morgan fingerprint density at radius 2 is 2.04 bits per heavy atom. The van der Waals surface area contributed by atoms with Gasteiger partial charge in [-0.3, -0.25) is 14.5 Å². The van der Waals surface area contributed by atoms with Gasteiger partial charge in [0.05, 0.1) is 6.54 Å². The molecule has 1 fully saturated rings. The van der Waals surface area contributed by atoms with Crippen LogP contribution in [0, 0.1) is 6.92 Å². The normalized spacial score (nSPS) is 15.8. The predicted molar refractivity (Wildman–Crippen MR) is 95.7 cm³/mol. The van der Waals surface area contributed by atoms with Gasteiger partial charge in [-0.25, -0.2) is 0 Å². The molecule has 0 bridgehead atoms. The van der Waals surface area contributed by atoms with Crippen LogP contribution >= 0.6 is 0 Å². The van der Waals surface area contributed by atoms with E-state index in [1.54, 1.807) is 0 Å². The number of carbonyl (C=O) groups is 2. The summed E-state index contributed by atoms with van der Waals surface area (Å²) in [5.74, 6) is 0.275. The van der Waals surface area contributed by atoms with Crippen molar-refractivity contribution in [3.63, 3.8) is 0 Å². The zero-order chi connectivity index (χ0) is 17.5. The van der Waals surface area contributed by atoms with Gasteiger partial charge in [-0.2, -0.15) is 0 Å². The monoisotopic (exact) mass is 331 g/mol. The molecule has 1 N–H and O–H groups in total. The fourth-order valence-corrected chi connectivity index (χ4v) is 2.96. The highest BCUT2D eigenvalue weighted by Gasteiger charge is 2.19. The van der Waals surface area contributed by atoms with Gasteiger partial charge in [0.2, 0.25) is 11.8 Å². The Hall–Kier alpha value is -1.88. The summed E-state index contributed by atoms with van der Waals surface area (Å²) in [4.78, 5) is 27.5. The number of nitrogens with one attached hydrogen (secondary N) is 1. The van der Waals surface area contributed by atoms with E-state index in [4.69, 9.17) is 0 Å². The summed E-state index contributed by atoms with van der Waals surface area (Å²) in [6.45, 7) is 6.78. The lowest BCUT2D eigenvalue weighted by atomic mass is 10.1. The van der Waals surface area contributed by atoms with Crippen LogP contribution in [0.2, 0.25) is 0 Å². The van der Waals surface area contributed by atoms with E-state index in [9.17, 15) is 9.59 Å². The molecule has 1 aliphatic rings. The molecule has 1 aliphatic heterocycles. The van der Waals surface area contributed by atoms with Crippen LogP contribution in [-0.4, -0.2) is 54.8 Å².